The molecule has 0 heterocycles. The summed E-state index contributed by atoms with van der Waals surface area (Å²) in [6.45, 7) is 5.31. The van der Waals surface area contributed by atoms with Crippen LogP contribution in [0.1, 0.15) is 38.3 Å². The number of aryl methyl sites for hydroxylation is 1. The summed E-state index contributed by atoms with van der Waals surface area (Å²) in [4.78, 5) is 11.6. The molecule has 0 fully saturated rings. The van der Waals surface area contributed by atoms with E-state index in [-0.39, 0.29) is 12.4 Å². The van der Waals surface area contributed by atoms with Crippen molar-refractivity contribution in [1.82, 2.24) is 5.32 Å². The van der Waals surface area contributed by atoms with Gasteiger partial charge in [-0.15, -0.1) is 0 Å². The molecule has 0 saturated heterocycles. The van der Waals surface area contributed by atoms with Gasteiger partial charge in [0.05, 0.1) is 6.54 Å². The number of halogens is 1. The lowest BCUT2D eigenvalue weighted by Crippen LogP contribution is -2.41. The summed E-state index contributed by atoms with van der Waals surface area (Å²) in [6, 6.07) is 4.39. The Labute approximate surface area is 117 Å². The summed E-state index contributed by atoms with van der Waals surface area (Å²) < 4.78 is 18.4. The van der Waals surface area contributed by atoms with E-state index in [4.69, 9.17) is 4.74 Å². The molecule has 1 aromatic carbocycles. The molecule has 110 valence electrons. The summed E-state index contributed by atoms with van der Waals surface area (Å²) >= 11 is 0. The second kappa shape index (κ2) is 5.05. The second-order valence-electron chi connectivity index (χ2n) is 6.19. The van der Waals surface area contributed by atoms with Crippen LogP contribution in [0.3, 0.4) is 0 Å². The number of alkyl carbamates (subject to hydrolysis) is 1. The number of amides is 1. The Morgan fingerprint density at radius 3 is 2.85 bits per heavy atom. The lowest BCUT2D eigenvalue weighted by atomic mass is 9.96. The van der Waals surface area contributed by atoms with Gasteiger partial charge in [-0.25, -0.2) is 9.18 Å². The third-order valence-electron chi connectivity index (χ3n) is 3.31. The molecule has 1 aliphatic carbocycles. The molecule has 2 rings (SSSR count). The van der Waals surface area contributed by atoms with E-state index in [9.17, 15) is 14.3 Å². The number of ether oxygens (including phenoxy) is 1. The Balaban J connectivity index is 2.04. The first-order valence-corrected chi connectivity index (χ1v) is 6.68. The Hall–Kier alpha value is -1.62. The van der Waals surface area contributed by atoms with Gasteiger partial charge in [0.15, 0.2) is 0 Å². The molecule has 0 radical (unpaired) electrons. The molecule has 1 unspecified atom stereocenters. The molecule has 0 aromatic heterocycles. The van der Waals surface area contributed by atoms with Crippen LogP contribution in [-0.2, 0) is 16.8 Å². The highest BCUT2D eigenvalue weighted by Gasteiger charge is 2.37. The summed E-state index contributed by atoms with van der Waals surface area (Å²) in [5, 5.41) is 13.1. The van der Waals surface area contributed by atoms with Crippen molar-refractivity contribution in [3.63, 3.8) is 0 Å². The summed E-state index contributed by atoms with van der Waals surface area (Å²) in [5.74, 6) is -0.388. The lowest BCUT2D eigenvalue weighted by Gasteiger charge is -2.26. The fraction of sp³-hybridized carbons (Fsp3) is 0.533. The van der Waals surface area contributed by atoms with Crippen LogP contribution in [0, 0.1) is 5.82 Å². The molecule has 1 atom stereocenters. The number of carbonyl (C=O) groups is 1. The zero-order valence-corrected chi connectivity index (χ0v) is 12.0. The maximum Gasteiger partial charge on any atom is 0.407 e. The van der Waals surface area contributed by atoms with Gasteiger partial charge in [-0.2, -0.15) is 0 Å². The van der Waals surface area contributed by atoms with E-state index in [0.717, 1.165) is 5.56 Å². The van der Waals surface area contributed by atoms with Crippen molar-refractivity contribution in [1.29, 1.82) is 0 Å². The number of carbonyl (C=O) groups excluding carboxylic acids is 1. The quantitative estimate of drug-likeness (QED) is 0.875. The van der Waals surface area contributed by atoms with Gasteiger partial charge in [0, 0.05) is 0 Å². The second-order valence-corrected chi connectivity index (χ2v) is 6.19. The highest BCUT2D eigenvalue weighted by atomic mass is 19.1. The summed E-state index contributed by atoms with van der Waals surface area (Å²) in [7, 11) is 0. The van der Waals surface area contributed by atoms with E-state index in [1.54, 1.807) is 26.8 Å². The highest BCUT2D eigenvalue weighted by molar-refractivity contribution is 5.67. The third kappa shape index (κ3) is 3.28. The number of benzene rings is 1. The maximum atomic E-state index is 13.3. The lowest BCUT2D eigenvalue weighted by molar-refractivity contribution is 0.0224. The molecule has 1 amide bonds. The number of nitrogens with one attached hydrogen (secondary N) is 1. The van der Waals surface area contributed by atoms with E-state index in [2.05, 4.69) is 5.32 Å². The minimum atomic E-state index is -1.23. The average molecular weight is 281 g/mol. The van der Waals surface area contributed by atoms with Crippen LogP contribution in [0.15, 0.2) is 18.2 Å². The first-order valence-electron chi connectivity index (χ1n) is 6.68. The number of hydrogen-bond acceptors (Lipinski definition) is 3. The van der Waals surface area contributed by atoms with Crippen LogP contribution < -0.4 is 5.32 Å². The Morgan fingerprint density at radius 1 is 1.50 bits per heavy atom. The van der Waals surface area contributed by atoms with Gasteiger partial charge in [0.1, 0.15) is 17.0 Å². The molecular formula is C15H20FNO3. The third-order valence-corrected chi connectivity index (χ3v) is 3.31. The molecular weight excluding hydrogens is 261 g/mol. The van der Waals surface area contributed by atoms with E-state index < -0.39 is 17.3 Å². The molecule has 5 heteroatoms. The van der Waals surface area contributed by atoms with Crippen LogP contribution in [-0.4, -0.2) is 23.3 Å². The molecule has 20 heavy (non-hydrogen) atoms. The molecule has 0 saturated carbocycles. The molecule has 1 aliphatic rings. The topological polar surface area (TPSA) is 58.6 Å². The van der Waals surface area contributed by atoms with Crippen molar-refractivity contribution in [2.45, 2.75) is 44.8 Å². The molecule has 4 nitrogen and oxygen atoms in total. The zero-order valence-electron chi connectivity index (χ0n) is 12.0. The predicted molar refractivity (Wildman–Crippen MR) is 72.9 cm³/mol. The fourth-order valence-corrected chi connectivity index (χ4v) is 2.39. The van der Waals surface area contributed by atoms with Gasteiger partial charge in [0.2, 0.25) is 0 Å². The normalized spacial score (nSPS) is 21.4. The number of hydrogen-bond donors (Lipinski definition) is 2. The first kappa shape index (κ1) is 14.8. The monoisotopic (exact) mass is 281 g/mol. The first-order chi connectivity index (χ1) is 9.20. The van der Waals surface area contributed by atoms with Crippen molar-refractivity contribution in [3.05, 3.63) is 35.1 Å². The van der Waals surface area contributed by atoms with Gasteiger partial charge in [-0.1, -0.05) is 6.07 Å². The molecule has 0 spiro atoms. The minimum absolute atomic E-state index is 0.0123. The Bertz CT molecular complexity index is 524. The molecule has 2 N–H and O–H groups in total. The largest absolute Gasteiger partial charge is 0.444 e. The number of aliphatic hydroxyl groups is 1. The number of fused-ring (bicyclic) bond motifs is 1. The molecule has 1 aromatic rings. The molecule has 0 aliphatic heterocycles. The summed E-state index contributed by atoms with van der Waals surface area (Å²) in [5.41, 5.74) is -0.353. The minimum Gasteiger partial charge on any atom is -0.444 e. The highest BCUT2D eigenvalue weighted by Crippen LogP contribution is 2.36. The maximum absolute atomic E-state index is 13.3. The van der Waals surface area contributed by atoms with Crippen molar-refractivity contribution in [2.24, 2.45) is 0 Å². The van der Waals surface area contributed by atoms with Crippen LogP contribution >= 0.6 is 0 Å². The van der Waals surface area contributed by atoms with Crippen molar-refractivity contribution >= 4 is 6.09 Å². The van der Waals surface area contributed by atoms with E-state index in [1.165, 1.54) is 12.1 Å². The van der Waals surface area contributed by atoms with E-state index in [0.29, 0.717) is 18.4 Å². The van der Waals surface area contributed by atoms with Gasteiger partial charge < -0.3 is 15.2 Å². The Morgan fingerprint density at radius 2 is 2.20 bits per heavy atom. The van der Waals surface area contributed by atoms with Gasteiger partial charge in [-0.05, 0) is 56.9 Å². The smallest absolute Gasteiger partial charge is 0.407 e. The van der Waals surface area contributed by atoms with Gasteiger partial charge in [0.25, 0.3) is 0 Å². The van der Waals surface area contributed by atoms with Gasteiger partial charge >= 0.3 is 6.09 Å². The summed E-state index contributed by atoms with van der Waals surface area (Å²) in [6.07, 6.45) is 0.541. The fourth-order valence-electron chi connectivity index (χ4n) is 2.39. The van der Waals surface area contributed by atoms with Crippen molar-refractivity contribution in [3.8, 4) is 0 Å². The predicted octanol–water partition coefficient (Wildman–Crippen LogP) is 2.48. The number of rotatable bonds is 2. The van der Waals surface area contributed by atoms with E-state index in [1.807, 2.05) is 0 Å². The van der Waals surface area contributed by atoms with Crippen molar-refractivity contribution in [2.75, 3.05) is 6.54 Å². The van der Waals surface area contributed by atoms with Crippen LogP contribution in [0.5, 0.6) is 0 Å². The van der Waals surface area contributed by atoms with E-state index >= 15 is 0 Å². The van der Waals surface area contributed by atoms with Crippen molar-refractivity contribution < 1.29 is 19.0 Å². The van der Waals surface area contributed by atoms with Gasteiger partial charge in [-0.3, -0.25) is 0 Å². The average Bonchev–Trinajstić information content (AvgIpc) is 2.63. The zero-order chi connectivity index (χ0) is 15.0. The Kier molecular flexibility index (Phi) is 3.73. The SMILES string of the molecule is CC(C)(C)OC(=O)NCC1(O)CCc2ccc(F)cc21. The molecule has 0 bridgehead atoms. The van der Waals surface area contributed by atoms with Crippen LogP contribution in [0.25, 0.3) is 0 Å². The standard InChI is InChI=1S/C15H20FNO3/c1-14(2,3)20-13(18)17-9-15(19)7-6-10-4-5-11(16)8-12(10)15/h4-5,8,19H,6-7,9H2,1-3H3,(H,17,18). The van der Waals surface area contributed by atoms with Crippen LogP contribution in [0.2, 0.25) is 0 Å². The van der Waals surface area contributed by atoms with Crippen LogP contribution in [0.4, 0.5) is 9.18 Å².